The molecule has 1 aromatic rings. The van der Waals surface area contributed by atoms with Gasteiger partial charge in [-0.2, -0.15) is 0 Å². The zero-order valence-electron chi connectivity index (χ0n) is 9.45. The van der Waals surface area contributed by atoms with Gasteiger partial charge in [-0.15, -0.1) is 0 Å². The molecule has 0 aromatic carbocycles. The Balaban J connectivity index is 2.50. The summed E-state index contributed by atoms with van der Waals surface area (Å²) in [5.74, 6) is 1.55. The molecule has 2 N–H and O–H groups in total. The van der Waals surface area contributed by atoms with Gasteiger partial charge in [-0.1, -0.05) is 0 Å². The number of nitrogens with one attached hydrogen (secondary N) is 2. The van der Waals surface area contributed by atoms with E-state index in [9.17, 15) is 0 Å². The van der Waals surface area contributed by atoms with E-state index in [0.717, 1.165) is 24.7 Å². The molecule has 0 saturated heterocycles. The van der Waals surface area contributed by atoms with Crippen LogP contribution in [-0.2, 0) is 4.74 Å². The third-order valence-corrected chi connectivity index (χ3v) is 1.97. The molecule has 1 heterocycles. The van der Waals surface area contributed by atoms with Crippen LogP contribution in [0.4, 0.5) is 11.6 Å². The van der Waals surface area contributed by atoms with Crippen molar-refractivity contribution in [3.63, 3.8) is 0 Å². The Morgan fingerprint density at radius 3 is 2.60 bits per heavy atom. The van der Waals surface area contributed by atoms with Crippen LogP contribution in [0.25, 0.3) is 0 Å². The number of rotatable bonds is 6. The second-order valence-electron chi connectivity index (χ2n) is 3.25. The fraction of sp³-hybridized carbons (Fsp3) is 0.600. The Morgan fingerprint density at radius 1 is 1.33 bits per heavy atom. The van der Waals surface area contributed by atoms with Crippen molar-refractivity contribution < 1.29 is 4.74 Å². The van der Waals surface area contributed by atoms with Crippen LogP contribution in [0.1, 0.15) is 13.8 Å². The molecule has 0 amide bonds. The highest BCUT2D eigenvalue weighted by atomic mass is 16.5. The summed E-state index contributed by atoms with van der Waals surface area (Å²) in [5, 5.41) is 6.26. The van der Waals surface area contributed by atoms with Crippen LogP contribution in [0, 0.1) is 0 Å². The van der Waals surface area contributed by atoms with Crippen molar-refractivity contribution in [2.75, 3.05) is 30.8 Å². The van der Waals surface area contributed by atoms with Crippen LogP contribution < -0.4 is 10.6 Å². The van der Waals surface area contributed by atoms with Gasteiger partial charge in [0, 0.05) is 20.2 Å². The predicted molar refractivity (Wildman–Crippen MR) is 61.2 cm³/mol. The summed E-state index contributed by atoms with van der Waals surface area (Å²) < 4.78 is 5.12. The fourth-order valence-electron chi connectivity index (χ4n) is 1.05. The minimum absolute atomic E-state index is 0.162. The van der Waals surface area contributed by atoms with E-state index in [-0.39, 0.29) is 6.10 Å². The summed E-state index contributed by atoms with van der Waals surface area (Å²) in [6.45, 7) is 5.58. The third-order valence-electron chi connectivity index (χ3n) is 1.97. The second-order valence-corrected chi connectivity index (χ2v) is 3.25. The van der Waals surface area contributed by atoms with Crippen LogP contribution in [-0.4, -0.2) is 36.3 Å². The van der Waals surface area contributed by atoms with E-state index in [0.29, 0.717) is 0 Å². The van der Waals surface area contributed by atoms with Gasteiger partial charge in [0.05, 0.1) is 18.5 Å². The van der Waals surface area contributed by atoms with E-state index in [2.05, 4.69) is 20.6 Å². The summed E-state index contributed by atoms with van der Waals surface area (Å²) in [6, 6.07) is 0. The van der Waals surface area contributed by atoms with Gasteiger partial charge in [0.15, 0.2) is 0 Å². The van der Waals surface area contributed by atoms with E-state index in [1.165, 1.54) is 0 Å². The van der Waals surface area contributed by atoms with Crippen LogP contribution in [0.3, 0.4) is 0 Å². The monoisotopic (exact) mass is 210 g/mol. The number of anilines is 2. The van der Waals surface area contributed by atoms with Crippen LogP contribution in [0.2, 0.25) is 0 Å². The van der Waals surface area contributed by atoms with Crippen molar-refractivity contribution >= 4 is 11.6 Å². The highest BCUT2D eigenvalue weighted by Gasteiger charge is 2.01. The lowest BCUT2D eigenvalue weighted by molar-refractivity contribution is 0.128. The Labute approximate surface area is 90.3 Å². The van der Waals surface area contributed by atoms with Crippen molar-refractivity contribution in [1.29, 1.82) is 0 Å². The maximum Gasteiger partial charge on any atom is 0.147 e. The molecular formula is C10H18N4O. The average Bonchev–Trinajstić information content (AvgIpc) is 2.27. The van der Waals surface area contributed by atoms with Gasteiger partial charge in [-0.05, 0) is 13.8 Å². The molecule has 1 aromatic heterocycles. The van der Waals surface area contributed by atoms with Crippen molar-refractivity contribution in [2.24, 2.45) is 0 Å². The lowest BCUT2D eigenvalue weighted by atomic mass is 10.4. The third kappa shape index (κ3) is 4.12. The first-order valence-corrected chi connectivity index (χ1v) is 5.08. The lowest BCUT2D eigenvalue weighted by Crippen LogP contribution is -2.19. The molecule has 0 aliphatic carbocycles. The van der Waals surface area contributed by atoms with Crippen LogP contribution >= 0.6 is 0 Å². The quantitative estimate of drug-likeness (QED) is 0.742. The van der Waals surface area contributed by atoms with Crippen molar-refractivity contribution in [2.45, 2.75) is 20.0 Å². The normalized spacial score (nSPS) is 12.2. The van der Waals surface area contributed by atoms with Gasteiger partial charge < -0.3 is 15.4 Å². The Kier molecular flexibility index (Phi) is 4.83. The van der Waals surface area contributed by atoms with Gasteiger partial charge in [-0.3, -0.25) is 4.98 Å². The summed E-state index contributed by atoms with van der Waals surface area (Å²) in [7, 11) is 1.69. The Bertz CT molecular complexity index is 293. The van der Waals surface area contributed by atoms with Gasteiger partial charge in [0.25, 0.3) is 0 Å². The molecule has 0 bridgehead atoms. The first-order chi connectivity index (χ1) is 7.26. The smallest absolute Gasteiger partial charge is 0.147 e. The van der Waals surface area contributed by atoms with E-state index >= 15 is 0 Å². The molecule has 0 saturated carbocycles. The van der Waals surface area contributed by atoms with Gasteiger partial charge in [0.1, 0.15) is 11.6 Å². The summed E-state index contributed by atoms with van der Waals surface area (Å²) in [6.07, 6.45) is 3.56. The summed E-state index contributed by atoms with van der Waals surface area (Å²) in [4.78, 5) is 8.41. The number of nitrogens with zero attached hydrogens (tertiary/aromatic N) is 2. The van der Waals surface area contributed by atoms with Crippen molar-refractivity contribution in [3.8, 4) is 0 Å². The van der Waals surface area contributed by atoms with E-state index in [1.54, 1.807) is 19.5 Å². The molecule has 5 nitrogen and oxygen atoms in total. The molecule has 1 unspecified atom stereocenters. The van der Waals surface area contributed by atoms with E-state index in [4.69, 9.17) is 4.74 Å². The molecule has 0 fully saturated rings. The molecule has 1 atom stereocenters. The average molecular weight is 210 g/mol. The summed E-state index contributed by atoms with van der Waals surface area (Å²) >= 11 is 0. The maximum atomic E-state index is 5.12. The first kappa shape index (κ1) is 11.7. The zero-order chi connectivity index (χ0) is 11.1. The molecular weight excluding hydrogens is 192 g/mol. The highest BCUT2D eigenvalue weighted by molar-refractivity contribution is 5.41. The number of aromatic nitrogens is 2. The van der Waals surface area contributed by atoms with Gasteiger partial charge in [0.2, 0.25) is 0 Å². The standard InChI is InChI=1S/C10H18N4O/c1-4-12-9-6-11-7-10(14-9)13-5-8(2)15-3/h6-8H,4-5H2,1-3H3,(H2,12,13,14). The minimum atomic E-state index is 0.162. The maximum absolute atomic E-state index is 5.12. The second kappa shape index (κ2) is 6.19. The molecule has 0 radical (unpaired) electrons. The molecule has 0 aliphatic heterocycles. The van der Waals surface area contributed by atoms with Crippen LogP contribution in [0.5, 0.6) is 0 Å². The largest absolute Gasteiger partial charge is 0.380 e. The summed E-state index contributed by atoms with van der Waals surface area (Å²) in [5.41, 5.74) is 0. The zero-order valence-corrected chi connectivity index (χ0v) is 9.45. The Hall–Kier alpha value is -1.36. The van der Waals surface area contributed by atoms with E-state index < -0.39 is 0 Å². The van der Waals surface area contributed by atoms with Crippen LogP contribution in [0.15, 0.2) is 12.4 Å². The number of ether oxygens (including phenoxy) is 1. The van der Waals surface area contributed by atoms with Crippen molar-refractivity contribution in [3.05, 3.63) is 12.4 Å². The SMILES string of the molecule is CCNc1cncc(NCC(C)OC)n1. The molecule has 84 valence electrons. The molecule has 1 rings (SSSR count). The first-order valence-electron chi connectivity index (χ1n) is 5.08. The predicted octanol–water partition coefficient (Wildman–Crippen LogP) is 1.36. The number of hydrogen-bond acceptors (Lipinski definition) is 5. The Morgan fingerprint density at radius 2 is 2.00 bits per heavy atom. The molecule has 0 spiro atoms. The number of hydrogen-bond donors (Lipinski definition) is 2. The number of methoxy groups -OCH3 is 1. The fourth-order valence-corrected chi connectivity index (χ4v) is 1.05. The molecule has 15 heavy (non-hydrogen) atoms. The highest BCUT2D eigenvalue weighted by Crippen LogP contribution is 2.06. The molecule has 0 aliphatic rings. The lowest BCUT2D eigenvalue weighted by Gasteiger charge is -2.11. The van der Waals surface area contributed by atoms with E-state index in [1.807, 2.05) is 13.8 Å². The topological polar surface area (TPSA) is 59.1 Å². The van der Waals surface area contributed by atoms with Gasteiger partial charge in [-0.25, -0.2) is 4.98 Å². The minimum Gasteiger partial charge on any atom is -0.380 e. The van der Waals surface area contributed by atoms with Gasteiger partial charge >= 0.3 is 0 Å². The van der Waals surface area contributed by atoms with Crippen molar-refractivity contribution in [1.82, 2.24) is 9.97 Å². The molecule has 5 heteroatoms.